The molecule has 1 atom stereocenters. The lowest BCUT2D eigenvalue weighted by atomic mass is 10.1. The van der Waals surface area contributed by atoms with Crippen molar-refractivity contribution < 1.29 is 9.32 Å². The van der Waals surface area contributed by atoms with Crippen molar-refractivity contribution in [3.05, 3.63) is 17.0 Å². The minimum absolute atomic E-state index is 0. The molecule has 1 unspecified atom stereocenters. The van der Waals surface area contributed by atoms with Crippen LogP contribution in [0.3, 0.4) is 0 Å². The zero-order valence-electron chi connectivity index (χ0n) is 14.9. The molecule has 1 saturated heterocycles. The number of amides is 1. The molecular weight excluding hydrogens is 421 g/mol. The van der Waals surface area contributed by atoms with Crippen LogP contribution in [0.5, 0.6) is 0 Å². The lowest BCUT2D eigenvalue weighted by molar-refractivity contribution is -0.129. The second-order valence-electron chi connectivity index (χ2n) is 5.87. The molecule has 7 nitrogen and oxygen atoms in total. The Hall–Kier alpha value is -1.32. The van der Waals surface area contributed by atoms with Gasteiger partial charge in [-0.2, -0.15) is 0 Å². The maximum absolute atomic E-state index is 11.7. The largest absolute Gasteiger partial charge is 0.361 e. The van der Waals surface area contributed by atoms with E-state index in [0.717, 1.165) is 55.5 Å². The van der Waals surface area contributed by atoms with E-state index in [9.17, 15) is 4.79 Å². The molecule has 1 amide bonds. The van der Waals surface area contributed by atoms with E-state index in [1.165, 1.54) is 0 Å². The summed E-state index contributed by atoms with van der Waals surface area (Å²) < 4.78 is 5.17. The third-order valence-electron chi connectivity index (χ3n) is 4.26. The van der Waals surface area contributed by atoms with Crippen LogP contribution in [0.15, 0.2) is 9.52 Å². The molecule has 0 radical (unpaired) electrons. The van der Waals surface area contributed by atoms with E-state index in [1.54, 1.807) is 7.05 Å². The number of nitrogens with one attached hydrogen (secondary N) is 2. The van der Waals surface area contributed by atoms with E-state index in [-0.39, 0.29) is 35.9 Å². The molecule has 8 heteroatoms. The lowest BCUT2D eigenvalue weighted by Crippen LogP contribution is -2.45. The van der Waals surface area contributed by atoms with Crippen molar-refractivity contribution in [2.75, 3.05) is 26.7 Å². The zero-order valence-corrected chi connectivity index (χ0v) is 17.2. The summed E-state index contributed by atoms with van der Waals surface area (Å²) in [4.78, 5) is 17.9. The van der Waals surface area contributed by atoms with Gasteiger partial charge < -0.3 is 20.1 Å². The summed E-state index contributed by atoms with van der Waals surface area (Å²) in [6, 6.07) is 0.260. The first kappa shape index (κ1) is 20.7. The van der Waals surface area contributed by atoms with Crippen LogP contribution in [0.2, 0.25) is 0 Å². The van der Waals surface area contributed by atoms with Crippen LogP contribution in [0.25, 0.3) is 0 Å². The summed E-state index contributed by atoms with van der Waals surface area (Å²) in [7, 11) is 1.76. The molecular formula is C16H28IN5O2. The average Bonchev–Trinajstić information content (AvgIpc) is 3.14. The van der Waals surface area contributed by atoms with E-state index < -0.39 is 0 Å². The zero-order chi connectivity index (χ0) is 16.8. The molecule has 24 heavy (non-hydrogen) atoms. The van der Waals surface area contributed by atoms with Crippen molar-refractivity contribution in [3.63, 3.8) is 0 Å². The van der Waals surface area contributed by atoms with Gasteiger partial charge in [-0.05, 0) is 26.7 Å². The fraction of sp³-hybridized carbons (Fsp3) is 0.688. The van der Waals surface area contributed by atoms with E-state index >= 15 is 0 Å². The number of carbonyl (C=O) groups is 1. The number of halogens is 1. The van der Waals surface area contributed by atoms with Gasteiger partial charge in [0.2, 0.25) is 5.91 Å². The summed E-state index contributed by atoms with van der Waals surface area (Å²) in [5.74, 6) is 1.86. The number of likely N-dealkylation sites (tertiary alicyclic amines) is 1. The Morgan fingerprint density at radius 3 is 2.79 bits per heavy atom. The third kappa shape index (κ3) is 5.35. The monoisotopic (exact) mass is 449 g/mol. The molecule has 136 valence electrons. The Kier molecular flexibility index (Phi) is 8.51. The second-order valence-corrected chi connectivity index (χ2v) is 5.87. The Bertz CT molecular complexity index is 553. The van der Waals surface area contributed by atoms with E-state index in [2.05, 4.69) is 20.8 Å². The van der Waals surface area contributed by atoms with E-state index in [0.29, 0.717) is 6.42 Å². The van der Waals surface area contributed by atoms with Crippen molar-refractivity contribution in [1.82, 2.24) is 20.7 Å². The van der Waals surface area contributed by atoms with Gasteiger partial charge in [-0.1, -0.05) is 12.1 Å². The molecule has 0 spiro atoms. The number of nitrogens with zero attached hydrogens (tertiary/aromatic N) is 3. The van der Waals surface area contributed by atoms with Crippen molar-refractivity contribution in [3.8, 4) is 0 Å². The van der Waals surface area contributed by atoms with Crippen LogP contribution in [0.1, 0.15) is 36.8 Å². The van der Waals surface area contributed by atoms with Gasteiger partial charge in [0.15, 0.2) is 5.96 Å². The number of hydrogen-bond acceptors (Lipinski definition) is 4. The molecule has 2 rings (SSSR count). The maximum Gasteiger partial charge on any atom is 0.222 e. The van der Waals surface area contributed by atoms with Crippen LogP contribution in [-0.4, -0.2) is 54.6 Å². The van der Waals surface area contributed by atoms with Crippen LogP contribution in [0.4, 0.5) is 0 Å². The first-order valence-corrected chi connectivity index (χ1v) is 8.21. The second kappa shape index (κ2) is 9.85. The highest BCUT2D eigenvalue weighted by Crippen LogP contribution is 2.12. The molecule has 2 N–H and O–H groups in total. The van der Waals surface area contributed by atoms with Gasteiger partial charge in [0.25, 0.3) is 0 Å². The molecule has 1 aromatic rings. The van der Waals surface area contributed by atoms with E-state index in [1.807, 2.05) is 25.7 Å². The molecule has 0 bridgehead atoms. The molecule has 1 aliphatic rings. The molecule has 0 aromatic carbocycles. The predicted octanol–water partition coefficient (Wildman–Crippen LogP) is 1.63. The van der Waals surface area contributed by atoms with Crippen molar-refractivity contribution >= 4 is 35.8 Å². The van der Waals surface area contributed by atoms with Crippen LogP contribution in [0, 0.1) is 13.8 Å². The lowest BCUT2D eigenvalue weighted by Gasteiger charge is -2.18. The predicted molar refractivity (Wildman–Crippen MR) is 105 cm³/mol. The maximum atomic E-state index is 11.7. The standard InChI is InChI=1S/C16H27N5O2.HI/c1-5-15(22)21-9-7-13(10-21)19-16(17-4)18-8-6-14-11(2)20-23-12(14)3;/h13H,5-10H2,1-4H3,(H2,17,18,19);1H. The van der Waals surface area contributed by atoms with Crippen LogP contribution < -0.4 is 10.6 Å². The summed E-state index contributed by atoms with van der Waals surface area (Å²) in [5.41, 5.74) is 2.09. The van der Waals surface area contributed by atoms with Gasteiger partial charge in [-0.25, -0.2) is 0 Å². The molecule has 2 heterocycles. The summed E-state index contributed by atoms with van der Waals surface area (Å²) >= 11 is 0. The molecule has 1 fully saturated rings. The van der Waals surface area contributed by atoms with Crippen molar-refractivity contribution in [2.45, 2.75) is 46.1 Å². The highest BCUT2D eigenvalue weighted by Gasteiger charge is 2.25. The first-order valence-electron chi connectivity index (χ1n) is 8.21. The minimum atomic E-state index is 0. The van der Waals surface area contributed by atoms with Crippen LogP contribution in [-0.2, 0) is 11.2 Å². The fourth-order valence-corrected chi connectivity index (χ4v) is 2.88. The number of aliphatic imine (C=N–C) groups is 1. The molecule has 1 aromatic heterocycles. The van der Waals surface area contributed by atoms with Gasteiger partial charge in [0.05, 0.1) is 5.69 Å². The molecule has 0 aliphatic carbocycles. The normalized spacial score (nSPS) is 17.6. The number of aromatic nitrogens is 1. The first-order chi connectivity index (χ1) is 11.0. The van der Waals surface area contributed by atoms with Gasteiger partial charge >= 0.3 is 0 Å². The fourth-order valence-electron chi connectivity index (χ4n) is 2.88. The minimum Gasteiger partial charge on any atom is -0.361 e. The summed E-state index contributed by atoms with van der Waals surface area (Å²) in [6.07, 6.45) is 2.36. The van der Waals surface area contributed by atoms with Gasteiger partial charge in [0, 0.05) is 44.7 Å². The van der Waals surface area contributed by atoms with Crippen molar-refractivity contribution in [1.29, 1.82) is 0 Å². The third-order valence-corrected chi connectivity index (χ3v) is 4.26. The van der Waals surface area contributed by atoms with E-state index in [4.69, 9.17) is 4.52 Å². The van der Waals surface area contributed by atoms with Crippen LogP contribution >= 0.6 is 24.0 Å². The number of rotatable bonds is 5. The van der Waals surface area contributed by atoms with Gasteiger partial charge in [-0.15, -0.1) is 24.0 Å². The van der Waals surface area contributed by atoms with Gasteiger partial charge in [0.1, 0.15) is 5.76 Å². The Morgan fingerprint density at radius 1 is 1.46 bits per heavy atom. The summed E-state index contributed by atoms with van der Waals surface area (Å²) in [5, 5.41) is 10.7. The summed E-state index contributed by atoms with van der Waals surface area (Å²) in [6.45, 7) is 8.11. The Balaban J connectivity index is 0.00000288. The topological polar surface area (TPSA) is 82.8 Å². The molecule has 0 saturated carbocycles. The number of hydrogen-bond donors (Lipinski definition) is 2. The Morgan fingerprint density at radius 2 is 2.21 bits per heavy atom. The molecule has 1 aliphatic heterocycles. The number of aryl methyl sites for hydroxylation is 2. The highest BCUT2D eigenvalue weighted by molar-refractivity contribution is 14.0. The van der Waals surface area contributed by atoms with Crippen molar-refractivity contribution in [2.24, 2.45) is 4.99 Å². The smallest absolute Gasteiger partial charge is 0.222 e. The SMILES string of the molecule is CCC(=O)N1CCC(NC(=NC)NCCc2c(C)noc2C)C1.I. The highest BCUT2D eigenvalue weighted by atomic mass is 127. The average molecular weight is 449 g/mol. The number of carbonyl (C=O) groups excluding carboxylic acids is 1. The van der Waals surface area contributed by atoms with Gasteiger partial charge in [-0.3, -0.25) is 9.79 Å². The Labute approximate surface area is 160 Å². The number of guanidine groups is 1. The quantitative estimate of drug-likeness (QED) is 0.406.